The summed E-state index contributed by atoms with van der Waals surface area (Å²) in [6.45, 7) is 24.1. The number of hydrogen-bond donors (Lipinski definition) is 0. The van der Waals surface area contributed by atoms with Crippen LogP contribution in [-0.2, 0) is 0 Å². The van der Waals surface area contributed by atoms with E-state index >= 15 is 0 Å². The molecule has 9 aromatic carbocycles. The smallest absolute Gasteiger partial charge is 0.194 e. The maximum absolute atomic E-state index is 10.1. The van der Waals surface area contributed by atoms with Crippen molar-refractivity contribution in [2.24, 2.45) is 0 Å². The van der Waals surface area contributed by atoms with Crippen molar-refractivity contribution in [2.45, 2.75) is 0 Å². The van der Waals surface area contributed by atoms with Gasteiger partial charge >= 0.3 is 0 Å². The second-order valence-electron chi connectivity index (χ2n) is 17.1. The predicted octanol–water partition coefficient (Wildman–Crippen LogP) is 15.8. The number of para-hydroxylation sites is 1. The minimum absolute atomic E-state index is 0.446. The van der Waals surface area contributed by atoms with Crippen LogP contribution in [0.25, 0.3) is 126 Å². The van der Waals surface area contributed by atoms with E-state index in [2.05, 4.69) is 60.1 Å². The molecule has 0 fully saturated rings. The minimum atomic E-state index is 0.446. The number of nitriles is 2. The van der Waals surface area contributed by atoms with Gasteiger partial charge < -0.3 is 9.13 Å². The number of fused-ring (bicyclic) bond motifs is 6. The van der Waals surface area contributed by atoms with E-state index in [1.807, 2.05) is 158 Å². The Balaban J connectivity index is 1.24. The fraction of sp³-hybridized carbons (Fsp3) is 0. The Morgan fingerprint density at radius 3 is 1.25 bits per heavy atom. The van der Waals surface area contributed by atoms with Gasteiger partial charge in [0.2, 0.25) is 0 Å². The van der Waals surface area contributed by atoms with Gasteiger partial charge in [0.25, 0.3) is 0 Å². The van der Waals surface area contributed by atoms with Crippen molar-refractivity contribution in [3.63, 3.8) is 0 Å². The lowest BCUT2D eigenvalue weighted by Gasteiger charge is -2.21. The Labute approximate surface area is 412 Å². The van der Waals surface area contributed by atoms with E-state index < -0.39 is 0 Å². The Hall–Kier alpha value is -11.0. The summed E-state index contributed by atoms with van der Waals surface area (Å²) >= 11 is 0. The molecule has 0 aliphatic rings. The molecule has 0 aliphatic heterocycles. The number of benzene rings is 9. The first-order chi connectivity index (χ1) is 35.4. The minimum Gasteiger partial charge on any atom is -0.309 e. The van der Waals surface area contributed by atoms with Gasteiger partial charge in [-0.15, -0.1) is 0 Å². The second kappa shape index (κ2) is 17.3. The highest BCUT2D eigenvalue weighted by molar-refractivity contribution is 6.13. The first-order valence-corrected chi connectivity index (χ1v) is 22.8. The standard InChI is InChI=1S/C62H32N10/c1-65-44-22-28-58-51(34-44)47-30-38(36-63)18-24-54(47)71(58)56-26-20-42(46-16-10-11-17-53(46)67-3)32-49(56)50-33-43(62-69-60(40-12-6-4-7-13-40)68-61(70-62)41-14-8-5-9-15-41)21-27-57(50)72-55-25-19-39(37-64)31-48(55)52-35-45(66-2)23-29-59(52)72/h4-35H. The molecule has 12 aromatic rings. The summed E-state index contributed by atoms with van der Waals surface area (Å²) in [5.41, 5.74) is 12.7. The zero-order chi connectivity index (χ0) is 48.9. The van der Waals surface area contributed by atoms with Gasteiger partial charge in [0.15, 0.2) is 34.5 Å². The van der Waals surface area contributed by atoms with Crippen molar-refractivity contribution in [2.75, 3.05) is 0 Å². The van der Waals surface area contributed by atoms with Gasteiger partial charge in [-0.25, -0.2) is 29.5 Å². The largest absolute Gasteiger partial charge is 0.309 e. The van der Waals surface area contributed by atoms with Crippen molar-refractivity contribution in [3.05, 3.63) is 240 Å². The molecule has 0 saturated heterocycles. The maximum Gasteiger partial charge on any atom is 0.194 e. The fourth-order valence-electron chi connectivity index (χ4n) is 9.77. The average molecular weight is 917 g/mol. The quantitative estimate of drug-likeness (QED) is 0.148. The van der Waals surface area contributed by atoms with E-state index in [4.69, 9.17) is 34.7 Å². The van der Waals surface area contributed by atoms with Gasteiger partial charge in [-0.2, -0.15) is 10.5 Å². The maximum atomic E-state index is 10.1. The molecular weight excluding hydrogens is 885 g/mol. The molecule has 0 N–H and O–H groups in total. The third kappa shape index (κ3) is 7.04. The molecule has 0 saturated carbocycles. The molecule has 0 amide bonds. The summed E-state index contributed by atoms with van der Waals surface area (Å²) in [5, 5.41) is 23.5. The molecule has 10 heteroatoms. The molecule has 0 atom stereocenters. The first kappa shape index (κ1) is 42.4. The van der Waals surface area contributed by atoms with Crippen LogP contribution in [0.1, 0.15) is 11.1 Å². The van der Waals surface area contributed by atoms with Gasteiger partial charge in [0.1, 0.15) is 0 Å². The van der Waals surface area contributed by atoms with Crippen molar-refractivity contribution >= 4 is 60.7 Å². The Bertz CT molecular complexity index is 4250. The van der Waals surface area contributed by atoms with Crippen molar-refractivity contribution < 1.29 is 0 Å². The molecule has 0 spiro atoms. The van der Waals surface area contributed by atoms with Crippen LogP contribution in [0.3, 0.4) is 0 Å². The number of aromatic nitrogens is 5. The van der Waals surface area contributed by atoms with Crippen LogP contribution in [0.2, 0.25) is 0 Å². The molecule has 0 unspecified atom stereocenters. The summed E-state index contributed by atoms with van der Waals surface area (Å²) in [4.78, 5) is 26.8. The summed E-state index contributed by atoms with van der Waals surface area (Å²) in [7, 11) is 0. The van der Waals surface area contributed by atoms with Gasteiger partial charge in [-0.05, 0) is 113 Å². The van der Waals surface area contributed by atoms with Crippen LogP contribution in [0.15, 0.2) is 194 Å². The molecule has 12 rings (SSSR count). The molecule has 330 valence electrons. The summed E-state index contributed by atoms with van der Waals surface area (Å²) in [6, 6.07) is 66.7. The van der Waals surface area contributed by atoms with Crippen LogP contribution in [0.5, 0.6) is 0 Å². The lowest BCUT2D eigenvalue weighted by atomic mass is 9.93. The van der Waals surface area contributed by atoms with E-state index in [1.54, 1.807) is 12.1 Å². The van der Waals surface area contributed by atoms with Crippen molar-refractivity contribution in [1.29, 1.82) is 10.5 Å². The van der Waals surface area contributed by atoms with Gasteiger partial charge in [-0.3, -0.25) is 0 Å². The first-order valence-electron chi connectivity index (χ1n) is 22.8. The van der Waals surface area contributed by atoms with Crippen LogP contribution in [0.4, 0.5) is 17.1 Å². The van der Waals surface area contributed by atoms with Crippen LogP contribution in [-0.4, -0.2) is 24.1 Å². The third-order valence-corrected chi connectivity index (χ3v) is 13.1. The Morgan fingerprint density at radius 1 is 0.361 bits per heavy atom. The number of nitrogens with zero attached hydrogens (tertiary/aromatic N) is 10. The lowest BCUT2D eigenvalue weighted by Crippen LogP contribution is -2.04. The SMILES string of the molecule is [C-]#[N+]c1ccc2c(c1)c1cc(C#N)ccc1n2-c1ccc(-c2nc(-c3ccccc3)nc(-c3ccccc3)n2)cc1-c1cc(-c2ccccc2[N+]#[C-])ccc1-n1c2ccc(C#N)cc2c2cc([N+]#[C-])ccc21. The highest BCUT2D eigenvalue weighted by Gasteiger charge is 2.24. The van der Waals surface area contributed by atoms with E-state index in [9.17, 15) is 10.5 Å². The number of hydrogen-bond acceptors (Lipinski definition) is 5. The second-order valence-corrected chi connectivity index (χ2v) is 17.1. The molecule has 0 radical (unpaired) electrons. The molecule has 0 aliphatic carbocycles. The zero-order valence-corrected chi connectivity index (χ0v) is 37.9. The predicted molar refractivity (Wildman–Crippen MR) is 284 cm³/mol. The molecular formula is C62H32N10. The topological polar surface area (TPSA) is 109 Å². The van der Waals surface area contributed by atoms with Crippen LogP contribution < -0.4 is 0 Å². The molecule has 10 nitrogen and oxygen atoms in total. The van der Waals surface area contributed by atoms with Crippen molar-refractivity contribution in [1.82, 2.24) is 24.1 Å². The van der Waals surface area contributed by atoms with Gasteiger partial charge in [-0.1, -0.05) is 103 Å². The van der Waals surface area contributed by atoms with Crippen molar-refractivity contribution in [3.8, 4) is 79.9 Å². The van der Waals surface area contributed by atoms with E-state index in [0.717, 1.165) is 88.4 Å². The highest BCUT2D eigenvalue weighted by Crippen LogP contribution is 2.45. The Kier molecular flexibility index (Phi) is 10.2. The summed E-state index contributed by atoms with van der Waals surface area (Å²) in [5.74, 6) is 1.47. The molecule has 3 heterocycles. The lowest BCUT2D eigenvalue weighted by molar-refractivity contribution is 1.07. The summed E-state index contributed by atoms with van der Waals surface area (Å²) in [6.07, 6.45) is 0. The number of rotatable bonds is 7. The van der Waals surface area contributed by atoms with E-state index in [0.29, 0.717) is 51.2 Å². The fourth-order valence-corrected chi connectivity index (χ4v) is 9.77. The van der Waals surface area contributed by atoms with Gasteiger partial charge in [0.05, 0.1) is 76.4 Å². The normalized spacial score (nSPS) is 11.0. The monoisotopic (exact) mass is 916 g/mol. The average Bonchev–Trinajstić information content (AvgIpc) is 3.95. The van der Waals surface area contributed by atoms with E-state index in [-0.39, 0.29) is 0 Å². The Morgan fingerprint density at radius 2 is 0.778 bits per heavy atom. The van der Waals surface area contributed by atoms with Gasteiger partial charge in [0, 0.05) is 38.6 Å². The molecule has 72 heavy (non-hydrogen) atoms. The highest BCUT2D eigenvalue weighted by atomic mass is 15.0. The van der Waals surface area contributed by atoms with Crippen LogP contribution >= 0.6 is 0 Å². The van der Waals surface area contributed by atoms with Crippen LogP contribution in [0, 0.1) is 42.4 Å². The molecule has 3 aromatic heterocycles. The third-order valence-electron chi connectivity index (χ3n) is 13.1. The molecule has 0 bridgehead atoms. The zero-order valence-electron chi connectivity index (χ0n) is 37.9. The van der Waals surface area contributed by atoms with E-state index in [1.165, 1.54) is 0 Å². The summed E-state index contributed by atoms with van der Waals surface area (Å²) < 4.78 is 4.35.